The van der Waals surface area contributed by atoms with Gasteiger partial charge in [-0.15, -0.1) is 0 Å². The SMILES string of the molecule is CC1CCCC(CN)(N2CC(C)C(N(C)C)C2)CC1. The number of nitrogens with two attached hydrogens (primary N) is 1. The van der Waals surface area contributed by atoms with Crippen LogP contribution in [0.2, 0.25) is 0 Å². The van der Waals surface area contributed by atoms with E-state index in [9.17, 15) is 0 Å². The minimum atomic E-state index is 0.295. The van der Waals surface area contributed by atoms with E-state index in [0.717, 1.165) is 18.4 Å². The van der Waals surface area contributed by atoms with Crippen molar-refractivity contribution in [2.24, 2.45) is 17.6 Å². The molecule has 3 nitrogen and oxygen atoms in total. The largest absolute Gasteiger partial charge is 0.329 e. The summed E-state index contributed by atoms with van der Waals surface area (Å²) in [5, 5.41) is 0. The molecule has 0 spiro atoms. The predicted octanol–water partition coefficient (Wildman–Crippen LogP) is 2.17. The molecule has 0 radical (unpaired) electrons. The first-order chi connectivity index (χ1) is 8.98. The van der Waals surface area contributed by atoms with E-state index in [-0.39, 0.29) is 0 Å². The molecule has 0 amide bonds. The minimum Gasteiger partial charge on any atom is -0.329 e. The van der Waals surface area contributed by atoms with E-state index >= 15 is 0 Å². The van der Waals surface area contributed by atoms with Crippen LogP contribution in [0.15, 0.2) is 0 Å². The number of rotatable bonds is 3. The van der Waals surface area contributed by atoms with Crippen molar-refractivity contribution in [2.75, 3.05) is 33.7 Å². The van der Waals surface area contributed by atoms with Crippen LogP contribution in [0.4, 0.5) is 0 Å². The van der Waals surface area contributed by atoms with Crippen LogP contribution < -0.4 is 5.73 Å². The normalized spacial score (nSPS) is 41.7. The molecule has 2 rings (SSSR count). The zero-order valence-corrected chi connectivity index (χ0v) is 13.4. The van der Waals surface area contributed by atoms with Crippen molar-refractivity contribution in [1.82, 2.24) is 9.80 Å². The zero-order valence-electron chi connectivity index (χ0n) is 13.4. The Morgan fingerprint density at radius 3 is 2.47 bits per heavy atom. The molecule has 0 bridgehead atoms. The Morgan fingerprint density at radius 1 is 1.16 bits per heavy atom. The molecule has 4 atom stereocenters. The van der Waals surface area contributed by atoms with Gasteiger partial charge in [-0.2, -0.15) is 0 Å². The third-order valence-corrected chi connectivity index (χ3v) is 5.73. The summed E-state index contributed by atoms with van der Waals surface area (Å²) in [5.41, 5.74) is 6.54. The summed E-state index contributed by atoms with van der Waals surface area (Å²) in [4.78, 5) is 5.13. The fourth-order valence-corrected chi connectivity index (χ4v) is 4.22. The summed E-state index contributed by atoms with van der Waals surface area (Å²) in [5.74, 6) is 1.65. The third kappa shape index (κ3) is 3.14. The van der Waals surface area contributed by atoms with Gasteiger partial charge in [-0.25, -0.2) is 0 Å². The van der Waals surface area contributed by atoms with Crippen molar-refractivity contribution in [3.8, 4) is 0 Å². The van der Waals surface area contributed by atoms with E-state index < -0.39 is 0 Å². The third-order valence-electron chi connectivity index (χ3n) is 5.73. The molecule has 1 saturated carbocycles. The topological polar surface area (TPSA) is 32.5 Å². The van der Waals surface area contributed by atoms with E-state index in [4.69, 9.17) is 5.73 Å². The van der Waals surface area contributed by atoms with Gasteiger partial charge in [-0.3, -0.25) is 4.90 Å². The maximum Gasteiger partial charge on any atom is 0.0332 e. The van der Waals surface area contributed by atoms with E-state index in [2.05, 4.69) is 37.7 Å². The summed E-state index contributed by atoms with van der Waals surface area (Å²) in [7, 11) is 4.43. The smallest absolute Gasteiger partial charge is 0.0332 e. The lowest BCUT2D eigenvalue weighted by atomic mass is 9.88. The van der Waals surface area contributed by atoms with Crippen molar-refractivity contribution in [1.29, 1.82) is 0 Å². The molecule has 0 aromatic heterocycles. The summed E-state index contributed by atoms with van der Waals surface area (Å²) in [6.45, 7) is 8.08. The average Bonchev–Trinajstić information content (AvgIpc) is 2.65. The molecule has 2 aliphatic rings. The van der Waals surface area contributed by atoms with E-state index in [1.807, 2.05) is 0 Å². The lowest BCUT2D eigenvalue weighted by Crippen LogP contribution is -2.53. The molecular weight excluding hydrogens is 234 g/mol. The van der Waals surface area contributed by atoms with Gasteiger partial charge in [-0.1, -0.05) is 26.7 Å². The molecule has 1 saturated heterocycles. The number of hydrogen-bond donors (Lipinski definition) is 1. The second-order valence-electron chi connectivity index (χ2n) is 7.38. The molecule has 1 aliphatic heterocycles. The standard InChI is InChI=1S/C16H33N3/c1-13-6-5-8-16(12-17,9-7-13)19-10-14(2)15(11-19)18(3)4/h13-15H,5-12,17H2,1-4H3. The Kier molecular flexibility index (Phi) is 4.91. The summed E-state index contributed by atoms with van der Waals surface area (Å²) in [6.07, 6.45) is 6.71. The van der Waals surface area contributed by atoms with Gasteiger partial charge in [0.15, 0.2) is 0 Å². The van der Waals surface area contributed by atoms with Crippen LogP contribution in [0.5, 0.6) is 0 Å². The van der Waals surface area contributed by atoms with Crippen molar-refractivity contribution < 1.29 is 0 Å². The highest BCUT2D eigenvalue weighted by molar-refractivity contribution is 5.00. The Hall–Kier alpha value is -0.120. The second-order valence-corrected chi connectivity index (χ2v) is 7.38. The lowest BCUT2D eigenvalue weighted by molar-refractivity contribution is 0.0950. The summed E-state index contributed by atoms with van der Waals surface area (Å²) in [6, 6.07) is 0.698. The number of hydrogen-bond acceptors (Lipinski definition) is 3. The molecule has 1 heterocycles. The Labute approximate surface area is 119 Å². The van der Waals surface area contributed by atoms with Crippen LogP contribution in [-0.4, -0.2) is 55.1 Å². The van der Waals surface area contributed by atoms with Crippen molar-refractivity contribution in [3.63, 3.8) is 0 Å². The fraction of sp³-hybridized carbons (Fsp3) is 1.00. The Bertz CT molecular complexity index is 292. The first-order valence-electron chi connectivity index (χ1n) is 8.10. The number of likely N-dealkylation sites (tertiary alicyclic amines) is 1. The maximum atomic E-state index is 6.24. The van der Waals surface area contributed by atoms with E-state index in [1.54, 1.807) is 0 Å². The molecule has 2 N–H and O–H groups in total. The lowest BCUT2D eigenvalue weighted by Gasteiger charge is -2.41. The van der Waals surface area contributed by atoms with Gasteiger partial charge in [0.2, 0.25) is 0 Å². The highest BCUT2D eigenvalue weighted by Crippen LogP contribution is 2.37. The molecule has 0 aromatic carbocycles. The molecule has 112 valence electrons. The number of likely N-dealkylation sites (N-methyl/N-ethyl adjacent to an activating group) is 1. The van der Waals surface area contributed by atoms with Crippen molar-refractivity contribution in [2.45, 2.75) is 57.5 Å². The quantitative estimate of drug-likeness (QED) is 0.796. The van der Waals surface area contributed by atoms with Crippen LogP contribution in [0, 0.1) is 11.8 Å². The highest BCUT2D eigenvalue weighted by Gasteiger charge is 2.43. The van der Waals surface area contributed by atoms with Crippen LogP contribution in [0.1, 0.15) is 46.0 Å². The van der Waals surface area contributed by atoms with E-state index in [0.29, 0.717) is 11.6 Å². The zero-order chi connectivity index (χ0) is 14.0. The molecule has 4 unspecified atom stereocenters. The van der Waals surface area contributed by atoms with Gasteiger partial charge in [0.1, 0.15) is 0 Å². The highest BCUT2D eigenvalue weighted by atomic mass is 15.3. The first-order valence-corrected chi connectivity index (χ1v) is 8.10. The minimum absolute atomic E-state index is 0.295. The first kappa shape index (κ1) is 15.3. The molecule has 3 heteroatoms. The van der Waals surface area contributed by atoms with Gasteiger partial charge >= 0.3 is 0 Å². The molecule has 0 aromatic rings. The fourth-order valence-electron chi connectivity index (χ4n) is 4.22. The molecule has 1 aliphatic carbocycles. The second kappa shape index (κ2) is 6.11. The van der Waals surface area contributed by atoms with Gasteiger partial charge in [0.25, 0.3) is 0 Å². The summed E-state index contributed by atoms with van der Waals surface area (Å²) < 4.78 is 0. The monoisotopic (exact) mass is 267 g/mol. The molecule has 19 heavy (non-hydrogen) atoms. The van der Waals surface area contributed by atoms with Crippen LogP contribution in [0.25, 0.3) is 0 Å². The van der Waals surface area contributed by atoms with Crippen LogP contribution in [0.3, 0.4) is 0 Å². The van der Waals surface area contributed by atoms with Crippen molar-refractivity contribution in [3.05, 3.63) is 0 Å². The van der Waals surface area contributed by atoms with E-state index in [1.165, 1.54) is 45.2 Å². The Morgan fingerprint density at radius 2 is 1.89 bits per heavy atom. The molecule has 2 fully saturated rings. The van der Waals surface area contributed by atoms with Crippen LogP contribution in [-0.2, 0) is 0 Å². The van der Waals surface area contributed by atoms with Gasteiger partial charge in [0, 0.05) is 31.2 Å². The van der Waals surface area contributed by atoms with Gasteiger partial charge < -0.3 is 10.6 Å². The van der Waals surface area contributed by atoms with Crippen molar-refractivity contribution >= 4 is 0 Å². The Balaban J connectivity index is 2.09. The maximum absolute atomic E-state index is 6.24. The summed E-state index contributed by atoms with van der Waals surface area (Å²) >= 11 is 0. The average molecular weight is 267 g/mol. The number of nitrogens with zero attached hydrogens (tertiary/aromatic N) is 2. The van der Waals surface area contributed by atoms with Crippen LogP contribution >= 0.6 is 0 Å². The van der Waals surface area contributed by atoms with Gasteiger partial charge in [0.05, 0.1) is 0 Å². The molecular formula is C16H33N3. The van der Waals surface area contributed by atoms with Gasteiger partial charge in [-0.05, 0) is 45.2 Å². The predicted molar refractivity (Wildman–Crippen MR) is 82.2 cm³/mol.